The van der Waals surface area contributed by atoms with E-state index in [1.165, 1.54) is 0 Å². The van der Waals surface area contributed by atoms with Gasteiger partial charge in [-0.05, 0) is 61.9 Å². The van der Waals surface area contributed by atoms with Crippen molar-refractivity contribution in [1.29, 1.82) is 0 Å². The number of aryl methyl sites for hydroxylation is 2. The number of hydrogen-bond donors (Lipinski definition) is 2. The van der Waals surface area contributed by atoms with Crippen molar-refractivity contribution < 1.29 is 19.1 Å². The van der Waals surface area contributed by atoms with Crippen molar-refractivity contribution in [3.8, 4) is 11.5 Å². The Balaban J connectivity index is 1.43. The molecule has 0 fully saturated rings. The van der Waals surface area contributed by atoms with Crippen molar-refractivity contribution >= 4 is 23.2 Å². The zero-order chi connectivity index (χ0) is 20.4. The van der Waals surface area contributed by atoms with E-state index in [1.807, 2.05) is 32.0 Å². The summed E-state index contributed by atoms with van der Waals surface area (Å²) >= 11 is 0. The molecule has 0 saturated carbocycles. The van der Waals surface area contributed by atoms with Crippen LogP contribution in [-0.4, -0.2) is 18.6 Å². The van der Waals surface area contributed by atoms with Crippen molar-refractivity contribution in [2.75, 3.05) is 17.4 Å². The zero-order valence-electron chi connectivity index (χ0n) is 16.1. The van der Waals surface area contributed by atoms with Gasteiger partial charge in [-0.2, -0.15) is 0 Å². The number of fused-ring (bicyclic) bond motifs is 1. The molecule has 3 aromatic rings. The van der Waals surface area contributed by atoms with Gasteiger partial charge in [0.1, 0.15) is 0 Å². The molecule has 1 heterocycles. The first-order valence-corrected chi connectivity index (χ1v) is 9.19. The van der Waals surface area contributed by atoms with Crippen molar-refractivity contribution in [3.05, 3.63) is 82.9 Å². The largest absolute Gasteiger partial charge is 0.454 e. The molecule has 0 aliphatic carbocycles. The number of ether oxygens (including phenoxy) is 2. The second kappa shape index (κ2) is 7.67. The highest BCUT2D eigenvalue weighted by molar-refractivity contribution is 6.07. The summed E-state index contributed by atoms with van der Waals surface area (Å²) in [6.45, 7) is 4.14. The molecule has 4 rings (SSSR count). The molecule has 146 valence electrons. The summed E-state index contributed by atoms with van der Waals surface area (Å²) in [6.07, 6.45) is 0. The molecular weight excluding hydrogens is 368 g/mol. The average molecular weight is 388 g/mol. The van der Waals surface area contributed by atoms with Gasteiger partial charge < -0.3 is 20.1 Å². The normalized spacial score (nSPS) is 11.8. The highest BCUT2D eigenvalue weighted by Crippen LogP contribution is 2.34. The standard InChI is InChI=1S/C23H20N2O4/c1-14-3-9-19(15(2)11-14)25-23(27)17-6-4-16(5-7-17)22(26)24-18-8-10-20-21(12-18)29-13-28-20/h3-12H,13H2,1-2H3,(H,24,26)(H,25,27). The fourth-order valence-corrected chi connectivity index (χ4v) is 3.10. The van der Waals surface area contributed by atoms with Crippen LogP contribution < -0.4 is 20.1 Å². The van der Waals surface area contributed by atoms with Crippen LogP contribution in [0.1, 0.15) is 31.8 Å². The number of carbonyl (C=O) groups excluding carboxylic acids is 2. The van der Waals surface area contributed by atoms with E-state index in [4.69, 9.17) is 9.47 Å². The molecule has 0 aromatic heterocycles. The Labute approximate surface area is 168 Å². The first kappa shape index (κ1) is 18.6. The highest BCUT2D eigenvalue weighted by atomic mass is 16.7. The first-order chi connectivity index (χ1) is 14.0. The van der Waals surface area contributed by atoms with Crippen LogP contribution in [0.3, 0.4) is 0 Å². The van der Waals surface area contributed by atoms with E-state index in [0.717, 1.165) is 16.8 Å². The Morgan fingerprint density at radius 3 is 2.10 bits per heavy atom. The van der Waals surface area contributed by atoms with Gasteiger partial charge in [-0.3, -0.25) is 9.59 Å². The minimum absolute atomic E-state index is 0.179. The SMILES string of the molecule is Cc1ccc(NC(=O)c2ccc(C(=O)Nc3ccc4c(c3)OCO4)cc2)c(C)c1. The topological polar surface area (TPSA) is 76.7 Å². The fourth-order valence-electron chi connectivity index (χ4n) is 3.10. The van der Waals surface area contributed by atoms with Gasteiger partial charge in [0.05, 0.1) is 0 Å². The molecule has 0 spiro atoms. The third kappa shape index (κ3) is 4.06. The van der Waals surface area contributed by atoms with Gasteiger partial charge in [0.2, 0.25) is 6.79 Å². The van der Waals surface area contributed by atoms with E-state index in [2.05, 4.69) is 10.6 Å². The summed E-state index contributed by atoms with van der Waals surface area (Å²) in [6, 6.07) is 17.6. The van der Waals surface area contributed by atoms with Crippen LogP contribution in [-0.2, 0) is 0 Å². The second-order valence-electron chi connectivity index (χ2n) is 6.87. The third-order valence-corrected chi connectivity index (χ3v) is 4.67. The monoisotopic (exact) mass is 388 g/mol. The molecule has 1 aliphatic heterocycles. The van der Waals surface area contributed by atoms with Crippen LogP contribution in [0.5, 0.6) is 11.5 Å². The van der Waals surface area contributed by atoms with Crippen molar-refractivity contribution in [3.63, 3.8) is 0 Å². The number of rotatable bonds is 4. The van der Waals surface area contributed by atoms with Gasteiger partial charge in [-0.1, -0.05) is 17.7 Å². The molecule has 2 N–H and O–H groups in total. The molecule has 0 radical (unpaired) electrons. The number of benzene rings is 3. The van der Waals surface area contributed by atoms with Crippen molar-refractivity contribution in [1.82, 2.24) is 0 Å². The third-order valence-electron chi connectivity index (χ3n) is 4.67. The Morgan fingerprint density at radius 2 is 1.41 bits per heavy atom. The molecule has 0 atom stereocenters. The summed E-state index contributed by atoms with van der Waals surface area (Å²) in [5.41, 5.74) is 4.44. The van der Waals surface area contributed by atoms with Crippen LogP contribution in [0.15, 0.2) is 60.7 Å². The van der Waals surface area contributed by atoms with Crippen molar-refractivity contribution in [2.24, 2.45) is 0 Å². The Hall–Kier alpha value is -3.80. The van der Waals surface area contributed by atoms with Crippen LogP contribution in [0.25, 0.3) is 0 Å². The smallest absolute Gasteiger partial charge is 0.255 e. The minimum Gasteiger partial charge on any atom is -0.454 e. The van der Waals surface area contributed by atoms with E-state index in [1.54, 1.807) is 42.5 Å². The summed E-state index contributed by atoms with van der Waals surface area (Å²) < 4.78 is 10.6. The van der Waals surface area contributed by atoms with E-state index >= 15 is 0 Å². The van der Waals surface area contributed by atoms with Gasteiger partial charge in [0, 0.05) is 28.6 Å². The van der Waals surface area contributed by atoms with E-state index in [9.17, 15) is 9.59 Å². The molecule has 1 aliphatic rings. The lowest BCUT2D eigenvalue weighted by molar-refractivity contribution is 0.101. The average Bonchev–Trinajstić information content (AvgIpc) is 3.18. The maximum absolute atomic E-state index is 12.5. The molecule has 6 heteroatoms. The number of anilines is 2. The summed E-state index contributed by atoms with van der Waals surface area (Å²) in [7, 11) is 0. The molecule has 3 aromatic carbocycles. The predicted octanol–water partition coefficient (Wildman–Crippen LogP) is 4.54. The van der Waals surface area contributed by atoms with E-state index in [-0.39, 0.29) is 18.6 Å². The van der Waals surface area contributed by atoms with Gasteiger partial charge in [-0.25, -0.2) is 0 Å². The van der Waals surface area contributed by atoms with Gasteiger partial charge in [-0.15, -0.1) is 0 Å². The fraction of sp³-hybridized carbons (Fsp3) is 0.130. The number of nitrogens with one attached hydrogen (secondary N) is 2. The molecule has 0 unspecified atom stereocenters. The summed E-state index contributed by atoms with van der Waals surface area (Å²) in [5.74, 6) is 0.758. The predicted molar refractivity (Wildman–Crippen MR) is 111 cm³/mol. The lowest BCUT2D eigenvalue weighted by atomic mass is 10.1. The van der Waals surface area contributed by atoms with E-state index in [0.29, 0.717) is 28.3 Å². The number of amides is 2. The van der Waals surface area contributed by atoms with Crippen LogP contribution in [0.4, 0.5) is 11.4 Å². The molecule has 0 saturated heterocycles. The maximum atomic E-state index is 12.5. The highest BCUT2D eigenvalue weighted by Gasteiger charge is 2.15. The number of hydrogen-bond acceptors (Lipinski definition) is 4. The van der Waals surface area contributed by atoms with Gasteiger partial charge >= 0.3 is 0 Å². The molecular formula is C23H20N2O4. The lowest BCUT2D eigenvalue weighted by Crippen LogP contribution is -2.14. The summed E-state index contributed by atoms with van der Waals surface area (Å²) in [5, 5.41) is 5.72. The molecule has 2 amide bonds. The zero-order valence-corrected chi connectivity index (χ0v) is 16.1. The van der Waals surface area contributed by atoms with E-state index < -0.39 is 0 Å². The molecule has 6 nitrogen and oxygen atoms in total. The Kier molecular flexibility index (Phi) is 4.91. The van der Waals surface area contributed by atoms with Crippen LogP contribution >= 0.6 is 0 Å². The van der Waals surface area contributed by atoms with Gasteiger partial charge in [0.25, 0.3) is 11.8 Å². The second-order valence-corrected chi connectivity index (χ2v) is 6.87. The molecule has 0 bridgehead atoms. The van der Waals surface area contributed by atoms with Crippen LogP contribution in [0, 0.1) is 13.8 Å². The van der Waals surface area contributed by atoms with Crippen LogP contribution in [0.2, 0.25) is 0 Å². The quantitative estimate of drug-likeness (QED) is 0.688. The Morgan fingerprint density at radius 1 is 0.759 bits per heavy atom. The maximum Gasteiger partial charge on any atom is 0.255 e. The first-order valence-electron chi connectivity index (χ1n) is 9.19. The van der Waals surface area contributed by atoms with Crippen molar-refractivity contribution in [2.45, 2.75) is 13.8 Å². The van der Waals surface area contributed by atoms with Gasteiger partial charge in [0.15, 0.2) is 11.5 Å². The minimum atomic E-state index is -0.273. The molecule has 29 heavy (non-hydrogen) atoms. The summed E-state index contributed by atoms with van der Waals surface area (Å²) in [4.78, 5) is 25.0. The Bertz CT molecular complexity index is 1090. The lowest BCUT2D eigenvalue weighted by Gasteiger charge is -2.10. The number of carbonyl (C=O) groups is 2.